The van der Waals surface area contributed by atoms with Crippen molar-refractivity contribution in [3.8, 4) is 0 Å². The fraction of sp³-hybridized carbons (Fsp3) is 0.632. The minimum Gasteiger partial charge on any atom is -0.347 e. The summed E-state index contributed by atoms with van der Waals surface area (Å²) >= 11 is 0. The van der Waals surface area contributed by atoms with Gasteiger partial charge in [-0.2, -0.15) is 0 Å². The van der Waals surface area contributed by atoms with Crippen LogP contribution in [0.4, 0.5) is 5.69 Å². The second-order valence-electron chi connectivity index (χ2n) is 6.96. The van der Waals surface area contributed by atoms with Crippen molar-refractivity contribution in [3.05, 3.63) is 29.8 Å². The van der Waals surface area contributed by atoms with E-state index in [9.17, 15) is 4.79 Å². The lowest BCUT2D eigenvalue weighted by atomic mass is 9.94. The minimum absolute atomic E-state index is 0.0537. The summed E-state index contributed by atoms with van der Waals surface area (Å²) in [6.45, 7) is 5.09. The van der Waals surface area contributed by atoms with Gasteiger partial charge in [-0.05, 0) is 37.5 Å². The largest absolute Gasteiger partial charge is 0.347 e. The number of carbonyl (C=O) groups excluding carboxylic acids is 1. The molecule has 5 heteroatoms. The molecule has 1 spiro atoms. The van der Waals surface area contributed by atoms with Gasteiger partial charge in [-0.15, -0.1) is 0 Å². The zero-order valence-electron chi connectivity index (χ0n) is 14.6. The Bertz CT molecular complexity index is 569. The van der Waals surface area contributed by atoms with Gasteiger partial charge in [0.05, 0.1) is 12.7 Å². The molecule has 1 aromatic rings. The number of carbonyl (C=O) groups is 1. The molecule has 24 heavy (non-hydrogen) atoms. The van der Waals surface area contributed by atoms with E-state index in [2.05, 4.69) is 23.6 Å². The highest BCUT2D eigenvalue weighted by atomic mass is 16.7. The van der Waals surface area contributed by atoms with Gasteiger partial charge < -0.3 is 20.1 Å². The molecular weight excluding hydrogens is 304 g/mol. The zero-order chi connectivity index (χ0) is 17.0. The molecular formula is C19H28N2O3. The van der Waals surface area contributed by atoms with Gasteiger partial charge in [-0.3, -0.25) is 4.79 Å². The molecule has 1 heterocycles. The fourth-order valence-electron chi connectivity index (χ4n) is 3.58. The molecule has 1 saturated carbocycles. The van der Waals surface area contributed by atoms with E-state index in [-0.39, 0.29) is 23.8 Å². The summed E-state index contributed by atoms with van der Waals surface area (Å²) in [7, 11) is 0. The molecule has 1 aromatic carbocycles. The Morgan fingerprint density at radius 3 is 2.88 bits per heavy atom. The van der Waals surface area contributed by atoms with Gasteiger partial charge in [0.25, 0.3) is 0 Å². The van der Waals surface area contributed by atoms with Gasteiger partial charge >= 0.3 is 0 Å². The van der Waals surface area contributed by atoms with Crippen LogP contribution >= 0.6 is 0 Å². The first-order valence-electron chi connectivity index (χ1n) is 8.99. The minimum atomic E-state index is -0.306. The third kappa shape index (κ3) is 4.35. The Morgan fingerprint density at radius 1 is 1.33 bits per heavy atom. The molecule has 132 valence electrons. The number of rotatable bonds is 5. The van der Waals surface area contributed by atoms with Gasteiger partial charge in [0.1, 0.15) is 0 Å². The molecule has 3 rings (SSSR count). The van der Waals surface area contributed by atoms with Crippen molar-refractivity contribution in [2.24, 2.45) is 0 Å². The van der Waals surface area contributed by atoms with E-state index < -0.39 is 0 Å². The Balaban J connectivity index is 1.50. The molecule has 0 bridgehead atoms. The summed E-state index contributed by atoms with van der Waals surface area (Å²) in [6.07, 6.45) is 5.86. The number of hydrogen-bond donors (Lipinski definition) is 2. The Hall–Kier alpha value is -1.43. The van der Waals surface area contributed by atoms with Gasteiger partial charge in [0.2, 0.25) is 5.91 Å². The first kappa shape index (κ1) is 17.4. The summed E-state index contributed by atoms with van der Waals surface area (Å²) in [5.74, 6) is -0.360. The fourth-order valence-corrected chi connectivity index (χ4v) is 3.58. The molecule has 5 nitrogen and oxygen atoms in total. The molecule has 2 aliphatic rings. The van der Waals surface area contributed by atoms with Crippen molar-refractivity contribution in [1.82, 2.24) is 5.32 Å². The molecule has 0 aromatic heterocycles. The molecule has 1 aliphatic carbocycles. The van der Waals surface area contributed by atoms with E-state index in [1.165, 1.54) is 26.2 Å². The third-order valence-electron chi connectivity index (χ3n) is 4.89. The second-order valence-corrected chi connectivity index (χ2v) is 6.96. The third-order valence-corrected chi connectivity index (χ3v) is 4.89. The van der Waals surface area contributed by atoms with Gasteiger partial charge in [-0.1, -0.05) is 18.6 Å². The number of ether oxygens (including phenoxy) is 2. The summed E-state index contributed by atoms with van der Waals surface area (Å²) in [6, 6.07) is 8.12. The topological polar surface area (TPSA) is 59.6 Å². The SMILES string of the molecule is CC(=O)Nc1cccc(C(C)NCC2COC3(CCCCC3)O2)c1. The zero-order valence-corrected chi connectivity index (χ0v) is 14.6. The molecule has 1 saturated heterocycles. The number of nitrogens with one attached hydrogen (secondary N) is 2. The van der Waals surface area contributed by atoms with E-state index in [4.69, 9.17) is 9.47 Å². The van der Waals surface area contributed by atoms with Crippen LogP contribution in [-0.2, 0) is 14.3 Å². The number of anilines is 1. The van der Waals surface area contributed by atoms with E-state index in [1.807, 2.05) is 18.2 Å². The van der Waals surface area contributed by atoms with Crippen molar-refractivity contribution in [3.63, 3.8) is 0 Å². The number of hydrogen-bond acceptors (Lipinski definition) is 4. The maximum Gasteiger partial charge on any atom is 0.221 e. The molecule has 1 amide bonds. The van der Waals surface area contributed by atoms with E-state index in [0.29, 0.717) is 6.61 Å². The lowest BCUT2D eigenvalue weighted by molar-refractivity contribution is -0.186. The van der Waals surface area contributed by atoms with Crippen molar-refractivity contribution < 1.29 is 14.3 Å². The van der Waals surface area contributed by atoms with Crippen LogP contribution in [0, 0.1) is 0 Å². The molecule has 2 fully saturated rings. The van der Waals surface area contributed by atoms with Crippen LogP contribution in [0.25, 0.3) is 0 Å². The lowest BCUT2D eigenvalue weighted by Gasteiger charge is -2.31. The molecule has 2 unspecified atom stereocenters. The van der Waals surface area contributed by atoms with E-state index in [0.717, 1.165) is 30.6 Å². The van der Waals surface area contributed by atoms with E-state index >= 15 is 0 Å². The van der Waals surface area contributed by atoms with Crippen LogP contribution in [-0.4, -0.2) is 30.9 Å². The van der Waals surface area contributed by atoms with Gasteiger partial charge in [0, 0.05) is 38.0 Å². The van der Waals surface area contributed by atoms with Crippen molar-refractivity contribution in [2.75, 3.05) is 18.5 Å². The van der Waals surface area contributed by atoms with Crippen LogP contribution in [0.15, 0.2) is 24.3 Å². The Labute approximate surface area is 144 Å². The summed E-state index contributed by atoms with van der Waals surface area (Å²) in [5.41, 5.74) is 1.97. The summed E-state index contributed by atoms with van der Waals surface area (Å²) in [5, 5.41) is 6.35. The van der Waals surface area contributed by atoms with Crippen LogP contribution in [0.1, 0.15) is 57.6 Å². The second kappa shape index (κ2) is 7.64. The smallest absolute Gasteiger partial charge is 0.221 e. The number of amides is 1. The molecule has 2 atom stereocenters. The quantitative estimate of drug-likeness (QED) is 0.868. The highest BCUT2D eigenvalue weighted by Crippen LogP contribution is 2.37. The summed E-state index contributed by atoms with van der Waals surface area (Å²) in [4.78, 5) is 11.2. The monoisotopic (exact) mass is 332 g/mol. The highest BCUT2D eigenvalue weighted by molar-refractivity contribution is 5.88. The number of benzene rings is 1. The first-order chi connectivity index (χ1) is 11.6. The maximum atomic E-state index is 11.2. The van der Waals surface area contributed by atoms with Crippen LogP contribution < -0.4 is 10.6 Å². The van der Waals surface area contributed by atoms with Gasteiger partial charge in [-0.25, -0.2) is 0 Å². The van der Waals surface area contributed by atoms with Gasteiger partial charge in [0.15, 0.2) is 5.79 Å². The van der Waals surface area contributed by atoms with Crippen molar-refractivity contribution in [2.45, 2.75) is 63.9 Å². The van der Waals surface area contributed by atoms with Crippen LogP contribution in [0.5, 0.6) is 0 Å². The maximum absolute atomic E-state index is 11.2. The van der Waals surface area contributed by atoms with Crippen LogP contribution in [0.2, 0.25) is 0 Å². The lowest BCUT2D eigenvalue weighted by Crippen LogP contribution is -2.36. The first-order valence-corrected chi connectivity index (χ1v) is 8.99. The predicted octanol–water partition coefficient (Wildman–Crippen LogP) is 3.37. The van der Waals surface area contributed by atoms with Crippen LogP contribution in [0.3, 0.4) is 0 Å². The standard InChI is InChI=1S/C19H28N2O3/c1-14(16-7-6-8-17(11-16)21-15(2)22)20-12-18-13-23-19(24-18)9-4-3-5-10-19/h6-8,11,14,18,20H,3-5,9-10,12-13H2,1-2H3,(H,21,22). The highest BCUT2D eigenvalue weighted by Gasteiger charge is 2.42. The summed E-state index contributed by atoms with van der Waals surface area (Å²) < 4.78 is 12.2. The van der Waals surface area contributed by atoms with Crippen molar-refractivity contribution >= 4 is 11.6 Å². The normalized spacial score (nSPS) is 24.0. The molecule has 1 aliphatic heterocycles. The predicted molar refractivity (Wildman–Crippen MR) is 93.8 cm³/mol. The Kier molecular flexibility index (Phi) is 5.54. The van der Waals surface area contributed by atoms with Crippen molar-refractivity contribution in [1.29, 1.82) is 0 Å². The molecule has 0 radical (unpaired) electrons. The average molecular weight is 332 g/mol. The average Bonchev–Trinajstić information content (AvgIpc) is 2.95. The Morgan fingerprint density at radius 2 is 2.12 bits per heavy atom. The van der Waals surface area contributed by atoms with E-state index in [1.54, 1.807) is 0 Å². The molecule has 2 N–H and O–H groups in total.